The van der Waals surface area contributed by atoms with E-state index >= 15 is 0 Å². The smallest absolute Gasteiger partial charge is 0.131 e. The SMILES string of the molecule is CC(C)CN.CC1(F)CCCOC1.[HH]. The summed E-state index contributed by atoms with van der Waals surface area (Å²) in [6.07, 6.45) is 1.53. The van der Waals surface area contributed by atoms with Crippen molar-refractivity contribution in [2.45, 2.75) is 39.3 Å². The van der Waals surface area contributed by atoms with Crippen LogP contribution in [0, 0.1) is 5.92 Å². The zero-order chi connectivity index (χ0) is 10.3. The normalized spacial score (nSPS) is 28.2. The molecular formula is C10H24FNO. The van der Waals surface area contributed by atoms with Gasteiger partial charge in [-0.05, 0) is 32.2 Å². The summed E-state index contributed by atoms with van der Waals surface area (Å²) in [4.78, 5) is 0. The lowest BCUT2D eigenvalue weighted by atomic mass is 10.0. The van der Waals surface area contributed by atoms with E-state index < -0.39 is 5.67 Å². The van der Waals surface area contributed by atoms with Crippen molar-refractivity contribution < 1.29 is 10.6 Å². The van der Waals surface area contributed by atoms with Crippen LogP contribution in [0.25, 0.3) is 0 Å². The molecule has 2 N–H and O–H groups in total. The summed E-state index contributed by atoms with van der Waals surface area (Å²) in [6.45, 7) is 7.61. The van der Waals surface area contributed by atoms with Gasteiger partial charge in [-0.15, -0.1) is 0 Å². The molecule has 3 heteroatoms. The lowest BCUT2D eigenvalue weighted by molar-refractivity contribution is -0.0201. The second-order valence-electron chi connectivity index (χ2n) is 4.20. The molecule has 0 saturated carbocycles. The Hall–Kier alpha value is -0.150. The average Bonchev–Trinajstić information content (AvgIpc) is 2.05. The van der Waals surface area contributed by atoms with Crippen molar-refractivity contribution >= 4 is 0 Å². The largest absolute Gasteiger partial charge is 0.378 e. The lowest BCUT2D eigenvalue weighted by Crippen LogP contribution is -2.30. The maximum atomic E-state index is 12.7. The molecule has 1 saturated heterocycles. The number of rotatable bonds is 1. The molecule has 0 aliphatic carbocycles. The molecule has 0 aromatic heterocycles. The van der Waals surface area contributed by atoms with Gasteiger partial charge in [0.2, 0.25) is 0 Å². The topological polar surface area (TPSA) is 35.2 Å². The van der Waals surface area contributed by atoms with Crippen molar-refractivity contribution in [3.63, 3.8) is 0 Å². The fraction of sp³-hybridized carbons (Fsp3) is 1.00. The first kappa shape index (κ1) is 12.8. The summed E-state index contributed by atoms with van der Waals surface area (Å²) in [7, 11) is 0. The van der Waals surface area contributed by atoms with E-state index in [1.54, 1.807) is 6.92 Å². The monoisotopic (exact) mass is 193 g/mol. The van der Waals surface area contributed by atoms with Crippen LogP contribution in [0.1, 0.15) is 35.0 Å². The van der Waals surface area contributed by atoms with Gasteiger partial charge in [-0.1, -0.05) is 13.8 Å². The molecule has 82 valence electrons. The molecule has 1 atom stereocenters. The van der Waals surface area contributed by atoms with Gasteiger partial charge >= 0.3 is 0 Å². The zero-order valence-electron chi connectivity index (χ0n) is 8.98. The first-order chi connectivity index (χ1) is 5.98. The van der Waals surface area contributed by atoms with Crippen LogP contribution in [-0.4, -0.2) is 25.4 Å². The third kappa shape index (κ3) is 8.19. The Morgan fingerprint density at radius 1 is 1.62 bits per heavy atom. The molecule has 1 rings (SSSR count). The summed E-state index contributed by atoms with van der Waals surface area (Å²) in [5.74, 6) is 0.662. The lowest BCUT2D eigenvalue weighted by Gasteiger charge is -2.24. The van der Waals surface area contributed by atoms with Gasteiger partial charge in [-0.25, -0.2) is 4.39 Å². The Kier molecular flexibility index (Phi) is 6.25. The number of hydrogen-bond acceptors (Lipinski definition) is 2. The zero-order valence-corrected chi connectivity index (χ0v) is 8.98. The fourth-order valence-electron chi connectivity index (χ4n) is 0.900. The standard InChI is InChI=1S/C6H11FO.C4H11N.H2/c1-6(7)3-2-4-8-5-6;1-4(2)3-5;/h2-5H2,1H3;4H,3,5H2,1-2H3;1H. The van der Waals surface area contributed by atoms with Gasteiger partial charge in [0.1, 0.15) is 5.67 Å². The van der Waals surface area contributed by atoms with Crippen molar-refractivity contribution in [2.24, 2.45) is 11.7 Å². The molecule has 1 fully saturated rings. The van der Waals surface area contributed by atoms with Crippen LogP contribution in [0.15, 0.2) is 0 Å². The van der Waals surface area contributed by atoms with Crippen molar-refractivity contribution in [1.82, 2.24) is 0 Å². The highest BCUT2D eigenvalue weighted by atomic mass is 19.1. The molecule has 0 radical (unpaired) electrons. The molecule has 0 amide bonds. The Bertz CT molecular complexity index is 123. The summed E-state index contributed by atoms with van der Waals surface area (Å²) < 4.78 is 17.7. The highest BCUT2D eigenvalue weighted by Gasteiger charge is 2.25. The fourth-order valence-corrected chi connectivity index (χ4v) is 0.900. The molecule has 1 heterocycles. The maximum absolute atomic E-state index is 12.7. The highest BCUT2D eigenvalue weighted by molar-refractivity contribution is 4.75. The van der Waals surface area contributed by atoms with E-state index in [1.807, 2.05) is 0 Å². The highest BCUT2D eigenvalue weighted by Crippen LogP contribution is 2.21. The van der Waals surface area contributed by atoms with E-state index in [0.29, 0.717) is 12.3 Å². The molecule has 1 aliphatic heterocycles. The van der Waals surface area contributed by atoms with Gasteiger partial charge in [-0.2, -0.15) is 0 Å². The predicted molar refractivity (Wildman–Crippen MR) is 55.6 cm³/mol. The summed E-state index contributed by atoms with van der Waals surface area (Å²) >= 11 is 0. The van der Waals surface area contributed by atoms with Crippen LogP contribution in [0.5, 0.6) is 0 Å². The molecule has 0 bridgehead atoms. The Labute approximate surface area is 82.1 Å². The molecule has 1 unspecified atom stereocenters. The quantitative estimate of drug-likeness (QED) is 0.694. The van der Waals surface area contributed by atoms with Crippen LogP contribution in [0.4, 0.5) is 4.39 Å². The van der Waals surface area contributed by atoms with Crippen LogP contribution >= 0.6 is 0 Å². The minimum atomic E-state index is -1.04. The van der Waals surface area contributed by atoms with Crippen LogP contribution < -0.4 is 5.73 Å². The molecule has 0 spiro atoms. The number of hydrogen-bond donors (Lipinski definition) is 1. The Morgan fingerprint density at radius 3 is 2.31 bits per heavy atom. The van der Waals surface area contributed by atoms with Gasteiger partial charge < -0.3 is 10.5 Å². The van der Waals surface area contributed by atoms with E-state index in [9.17, 15) is 4.39 Å². The molecule has 0 aromatic carbocycles. The van der Waals surface area contributed by atoms with Crippen molar-refractivity contribution in [2.75, 3.05) is 19.8 Å². The number of alkyl halides is 1. The van der Waals surface area contributed by atoms with E-state index in [0.717, 1.165) is 19.6 Å². The number of nitrogens with two attached hydrogens (primary N) is 1. The summed E-state index contributed by atoms with van der Waals surface area (Å²) in [6, 6.07) is 0. The van der Waals surface area contributed by atoms with Gasteiger partial charge in [0.15, 0.2) is 0 Å². The first-order valence-corrected chi connectivity index (χ1v) is 4.94. The summed E-state index contributed by atoms with van der Waals surface area (Å²) in [5.41, 5.74) is 4.13. The number of ether oxygens (including phenoxy) is 1. The molecule has 1 aliphatic rings. The van der Waals surface area contributed by atoms with E-state index in [2.05, 4.69) is 13.8 Å². The van der Waals surface area contributed by atoms with Crippen molar-refractivity contribution in [3.8, 4) is 0 Å². The van der Waals surface area contributed by atoms with Crippen LogP contribution in [0.3, 0.4) is 0 Å². The molecule has 13 heavy (non-hydrogen) atoms. The van der Waals surface area contributed by atoms with Gasteiger partial charge in [0.05, 0.1) is 6.61 Å². The minimum Gasteiger partial charge on any atom is -0.378 e. The van der Waals surface area contributed by atoms with Gasteiger partial charge in [0.25, 0.3) is 0 Å². The van der Waals surface area contributed by atoms with Gasteiger partial charge in [-0.3, -0.25) is 0 Å². The van der Waals surface area contributed by atoms with Crippen LogP contribution in [0.2, 0.25) is 0 Å². The second kappa shape index (κ2) is 6.33. The third-order valence-electron chi connectivity index (χ3n) is 1.86. The average molecular weight is 193 g/mol. The second-order valence-corrected chi connectivity index (χ2v) is 4.20. The van der Waals surface area contributed by atoms with E-state index in [1.165, 1.54) is 0 Å². The molecular weight excluding hydrogens is 169 g/mol. The molecule has 0 aromatic rings. The Balaban J connectivity index is 0. The van der Waals surface area contributed by atoms with E-state index in [-0.39, 0.29) is 8.03 Å². The Morgan fingerprint density at radius 2 is 2.15 bits per heavy atom. The van der Waals surface area contributed by atoms with Crippen molar-refractivity contribution in [1.29, 1.82) is 0 Å². The van der Waals surface area contributed by atoms with E-state index in [4.69, 9.17) is 10.5 Å². The van der Waals surface area contributed by atoms with Crippen LogP contribution in [-0.2, 0) is 4.74 Å². The predicted octanol–water partition coefficient (Wildman–Crippen LogP) is 2.37. The minimum absolute atomic E-state index is 0. The summed E-state index contributed by atoms with van der Waals surface area (Å²) in [5, 5.41) is 0. The first-order valence-electron chi connectivity index (χ1n) is 4.94. The van der Waals surface area contributed by atoms with Gasteiger partial charge in [0, 0.05) is 8.03 Å². The molecule has 2 nitrogen and oxygen atoms in total. The number of halogens is 1. The maximum Gasteiger partial charge on any atom is 0.131 e. The third-order valence-corrected chi connectivity index (χ3v) is 1.86. The van der Waals surface area contributed by atoms with Crippen molar-refractivity contribution in [3.05, 3.63) is 0 Å².